The molecule has 74 valence electrons. The Balaban J connectivity index is 2.06. The Hall–Kier alpha value is -0.830. The normalized spacial score (nSPS) is 10.6. The number of nitrogens with one attached hydrogen (secondary N) is 1. The van der Waals surface area contributed by atoms with E-state index >= 15 is 0 Å². The van der Waals surface area contributed by atoms with Gasteiger partial charge >= 0.3 is 0 Å². The van der Waals surface area contributed by atoms with Crippen molar-refractivity contribution in [2.45, 2.75) is 33.2 Å². The summed E-state index contributed by atoms with van der Waals surface area (Å²) in [6, 6.07) is 2.05. The summed E-state index contributed by atoms with van der Waals surface area (Å²) in [6.07, 6.45) is 4.48. The first kappa shape index (κ1) is 10.3. The molecule has 1 aromatic rings. The summed E-state index contributed by atoms with van der Waals surface area (Å²) in [5.74, 6) is 0. The van der Waals surface area contributed by atoms with Gasteiger partial charge in [-0.3, -0.25) is 4.68 Å². The van der Waals surface area contributed by atoms with Crippen molar-refractivity contribution in [1.29, 1.82) is 0 Å². The topological polar surface area (TPSA) is 29.9 Å². The molecule has 1 N–H and O–H groups in total. The Morgan fingerprint density at radius 1 is 1.46 bits per heavy atom. The predicted molar refractivity (Wildman–Crippen MR) is 54.7 cm³/mol. The molecule has 0 aliphatic rings. The summed E-state index contributed by atoms with van der Waals surface area (Å²) in [5, 5.41) is 7.63. The van der Waals surface area contributed by atoms with Crippen LogP contribution in [0, 0.1) is 6.92 Å². The Bertz CT molecular complexity index is 230. The van der Waals surface area contributed by atoms with Crippen LogP contribution in [0.3, 0.4) is 0 Å². The van der Waals surface area contributed by atoms with Gasteiger partial charge in [0.1, 0.15) is 0 Å². The predicted octanol–water partition coefficient (Wildman–Crippen LogP) is 1.58. The van der Waals surface area contributed by atoms with Crippen LogP contribution in [-0.2, 0) is 6.54 Å². The van der Waals surface area contributed by atoms with Gasteiger partial charge in [0.05, 0.1) is 5.69 Å². The lowest BCUT2D eigenvalue weighted by Crippen LogP contribution is -2.14. The van der Waals surface area contributed by atoms with Gasteiger partial charge in [0.25, 0.3) is 0 Å². The molecular weight excluding hydrogens is 162 g/mol. The van der Waals surface area contributed by atoms with Crippen LogP contribution in [0.15, 0.2) is 12.3 Å². The lowest BCUT2D eigenvalue weighted by Gasteiger charge is -2.02. The third-order valence-electron chi connectivity index (χ3n) is 2.01. The van der Waals surface area contributed by atoms with E-state index in [9.17, 15) is 0 Å². The second kappa shape index (κ2) is 5.75. The molecule has 0 bridgehead atoms. The highest BCUT2D eigenvalue weighted by Crippen LogP contribution is 1.96. The van der Waals surface area contributed by atoms with Crippen molar-refractivity contribution in [1.82, 2.24) is 15.1 Å². The molecule has 13 heavy (non-hydrogen) atoms. The lowest BCUT2D eigenvalue weighted by atomic mass is 10.3. The van der Waals surface area contributed by atoms with Gasteiger partial charge < -0.3 is 5.32 Å². The molecule has 0 saturated carbocycles. The largest absolute Gasteiger partial charge is 0.317 e. The Kier molecular flexibility index (Phi) is 4.54. The zero-order valence-electron chi connectivity index (χ0n) is 8.58. The Labute approximate surface area is 80.1 Å². The molecule has 0 amide bonds. The van der Waals surface area contributed by atoms with E-state index in [1.165, 1.54) is 12.8 Å². The molecule has 0 radical (unpaired) electrons. The maximum atomic E-state index is 4.32. The fourth-order valence-corrected chi connectivity index (χ4v) is 1.29. The van der Waals surface area contributed by atoms with E-state index < -0.39 is 0 Å². The minimum absolute atomic E-state index is 1.04. The van der Waals surface area contributed by atoms with Crippen LogP contribution in [0.2, 0.25) is 0 Å². The first-order chi connectivity index (χ1) is 6.33. The minimum Gasteiger partial charge on any atom is -0.317 e. The minimum atomic E-state index is 1.04. The van der Waals surface area contributed by atoms with E-state index in [0.29, 0.717) is 0 Å². The molecule has 0 atom stereocenters. The molecule has 1 aromatic heterocycles. The van der Waals surface area contributed by atoms with Crippen LogP contribution in [0.1, 0.15) is 25.5 Å². The lowest BCUT2D eigenvalue weighted by molar-refractivity contribution is 0.538. The van der Waals surface area contributed by atoms with Gasteiger partial charge in [-0.1, -0.05) is 6.92 Å². The highest BCUT2D eigenvalue weighted by Gasteiger charge is 1.93. The van der Waals surface area contributed by atoms with E-state index in [1.807, 2.05) is 23.9 Å². The quantitative estimate of drug-likeness (QED) is 0.675. The Morgan fingerprint density at radius 2 is 2.31 bits per heavy atom. The van der Waals surface area contributed by atoms with Crippen molar-refractivity contribution in [3.8, 4) is 0 Å². The summed E-state index contributed by atoms with van der Waals surface area (Å²) in [7, 11) is 0. The van der Waals surface area contributed by atoms with Crippen molar-refractivity contribution in [3.63, 3.8) is 0 Å². The van der Waals surface area contributed by atoms with Gasteiger partial charge in [-0.05, 0) is 38.9 Å². The van der Waals surface area contributed by atoms with Crippen LogP contribution in [0.5, 0.6) is 0 Å². The molecule has 3 heteroatoms. The van der Waals surface area contributed by atoms with E-state index in [4.69, 9.17) is 0 Å². The molecule has 0 unspecified atom stereocenters. The number of unbranched alkanes of at least 4 members (excludes halogenated alkanes) is 1. The second-order valence-electron chi connectivity index (χ2n) is 3.28. The summed E-state index contributed by atoms with van der Waals surface area (Å²) >= 11 is 0. The molecule has 0 spiro atoms. The molecule has 1 heterocycles. The molecule has 0 saturated heterocycles. The van der Waals surface area contributed by atoms with Crippen molar-refractivity contribution in [2.75, 3.05) is 13.1 Å². The summed E-state index contributed by atoms with van der Waals surface area (Å²) in [4.78, 5) is 0. The van der Waals surface area contributed by atoms with E-state index in [1.54, 1.807) is 0 Å². The highest BCUT2D eigenvalue weighted by molar-refractivity contribution is 4.94. The zero-order valence-corrected chi connectivity index (χ0v) is 8.58. The number of nitrogens with zero attached hydrogens (tertiary/aromatic N) is 2. The molecule has 0 aliphatic carbocycles. The molecule has 0 aliphatic heterocycles. The summed E-state index contributed by atoms with van der Waals surface area (Å²) in [5.41, 5.74) is 1.10. The molecule has 1 rings (SSSR count). The number of hydrogen-bond donors (Lipinski definition) is 1. The van der Waals surface area contributed by atoms with Crippen LogP contribution in [0.25, 0.3) is 0 Å². The van der Waals surface area contributed by atoms with Gasteiger partial charge in [0.2, 0.25) is 0 Å². The van der Waals surface area contributed by atoms with Crippen molar-refractivity contribution in [2.24, 2.45) is 0 Å². The molecule has 3 nitrogen and oxygen atoms in total. The van der Waals surface area contributed by atoms with Gasteiger partial charge in [-0.25, -0.2) is 0 Å². The molecular formula is C10H19N3. The average molecular weight is 181 g/mol. The SMILES string of the molecule is CCNCCCCn1ccc(C)n1. The first-order valence-electron chi connectivity index (χ1n) is 5.03. The number of aromatic nitrogens is 2. The number of rotatable bonds is 6. The van der Waals surface area contributed by atoms with Crippen LogP contribution < -0.4 is 5.32 Å². The first-order valence-corrected chi connectivity index (χ1v) is 5.03. The number of aryl methyl sites for hydroxylation is 2. The van der Waals surface area contributed by atoms with Crippen LogP contribution >= 0.6 is 0 Å². The number of hydrogen-bond acceptors (Lipinski definition) is 2. The van der Waals surface area contributed by atoms with Crippen molar-refractivity contribution in [3.05, 3.63) is 18.0 Å². The smallest absolute Gasteiger partial charge is 0.0593 e. The molecule has 0 fully saturated rings. The zero-order chi connectivity index (χ0) is 9.52. The summed E-state index contributed by atoms with van der Waals surface area (Å²) < 4.78 is 2.02. The monoisotopic (exact) mass is 181 g/mol. The van der Waals surface area contributed by atoms with Crippen LogP contribution in [-0.4, -0.2) is 22.9 Å². The molecule has 0 aromatic carbocycles. The fraction of sp³-hybridized carbons (Fsp3) is 0.700. The van der Waals surface area contributed by atoms with Crippen molar-refractivity contribution >= 4 is 0 Å². The standard InChI is InChI=1S/C10H19N3/c1-3-11-7-4-5-8-13-9-6-10(2)12-13/h6,9,11H,3-5,7-8H2,1-2H3. The van der Waals surface area contributed by atoms with E-state index in [2.05, 4.69) is 17.3 Å². The van der Waals surface area contributed by atoms with Gasteiger partial charge in [0.15, 0.2) is 0 Å². The maximum Gasteiger partial charge on any atom is 0.0593 e. The van der Waals surface area contributed by atoms with Crippen LogP contribution in [0.4, 0.5) is 0 Å². The van der Waals surface area contributed by atoms with Gasteiger partial charge in [-0.2, -0.15) is 5.10 Å². The van der Waals surface area contributed by atoms with Gasteiger partial charge in [-0.15, -0.1) is 0 Å². The second-order valence-corrected chi connectivity index (χ2v) is 3.28. The van der Waals surface area contributed by atoms with E-state index in [0.717, 1.165) is 25.3 Å². The fourth-order valence-electron chi connectivity index (χ4n) is 1.29. The third-order valence-corrected chi connectivity index (χ3v) is 2.01. The Morgan fingerprint density at radius 3 is 2.92 bits per heavy atom. The van der Waals surface area contributed by atoms with Gasteiger partial charge in [0, 0.05) is 12.7 Å². The van der Waals surface area contributed by atoms with E-state index in [-0.39, 0.29) is 0 Å². The third kappa shape index (κ3) is 4.08. The maximum absolute atomic E-state index is 4.32. The van der Waals surface area contributed by atoms with Crippen molar-refractivity contribution < 1.29 is 0 Å². The average Bonchev–Trinajstić information content (AvgIpc) is 2.51. The highest BCUT2D eigenvalue weighted by atomic mass is 15.3. The summed E-state index contributed by atoms with van der Waals surface area (Å²) in [6.45, 7) is 7.39.